The number of ketones is 1. The van der Waals surface area contributed by atoms with Crippen LogP contribution in [0.3, 0.4) is 0 Å². The number of anilines is 2. The molecule has 0 aliphatic carbocycles. The van der Waals surface area contributed by atoms with E-state index in [1.165, 1.54) is 14.0 Å². The maximum atomic E-state index is 12.6. The molecule has 1 aliphatic heterocycles. The summed E-state index contributed by atoms with van der Waals surface area (Å²) in [6.07, 6.45) is 2.97. The summed E-state index contributed by atoms with van der Waals surface area (Å²) in [5, 5.41) is 23.9. The molecule has 40 heavy (non-hydrogen) atoms. The number of Topliss-reactive ketones (excluding diaryl/α,β-unsaturated/α-hetero) is 1. The molecule has 1 heterocycles. The highest BCUT2D eigenvalue weighted by Gasteiger charge is 2.34. The summed E-state index contributed by atoms with van der Waals surface area (Å²) in [5.41, 5.74) is 3.22. The van der Waals surface area contributed by atoms with Crippen LogP contribution in [0.2, 0.25) is 0 Å². The Morgan fingerprint density at radius 2 is 1.82 bits per heavy atom. The van der Waals surface area contributed by atoms with Gasteiger partial charge in [-0.3, -0.25) is 9.59 Å². The number of carbonyl (C=O) groups excluding carboxylic acids is 3. The molecule has 0 aromatic heterocycles. The maximum absolute atomic E-state index is 12.6. The Labute approximate surface area is 233 Å². The number of amides is 3. The first-order valence-corrected chi connectivity index (χ1v) is 13.0. The highest BCUT2D eigenvalue weighted by molar-refractivity contribution is 6.01. The van der Waals surface area contributed by atoms with E-state index < -0.39 is 29.5 Å². The molecule has 3 amide bonds. The average molecular weight is 552 g/mol. The van der Waals surface area contributed by atoms with E-state index in [2.05, 4.69) is 26.6 Å². The van der Waals surface area contributed by atoms with Crippen LogP contribution in [0.4, 0.5) is 16.2 Å². The molecule has 3 rings (SSSR count). The lowest BCUT2D eigenvalue weighted by atomic mass is 9.91. The number of carbonyl (C=O) groups is 4. The maximum Gasteiger partial charge on any atom is 0.326 e. The molecular formula is C29H37N5O6. The van der Waals surface area contributed by atoms with Crippen molar-refractivity contribution in [2.24, 2.45) is 0 Å². The molecule has 0 saturated carbocycles. The van der Waals surface area contributed by atoms with Crippen molar-refractivity contribution < 1.29 is 29.0 Å². The number of ether oxygens (including phenoxy) is 1. The first kappa shape index (κ1) is 30.2. The number of rotatable bonds is 13. The molecule has 214 valence electrons. The fraction of sp³-hybridized carbons (Fsp3) is 0.379. The third-order valence-corrected chi connectivity index (χ3v) is 6.54. The number of hydrogen-bond acceptors (Lipinski definition) is 7. The summed E-state index contributed by atoms with van der Waals surface area (Å²) in [4.78, 5) is 47.9. The first-order chi connectivity index (χ1) is 19.0. The molecule has 2 aromatic carbocycles. The van der Waals surface area contributed by atoms with E-state index in [4.69, 9.17) is 4.74 Å². The number of hydrogen-bond donors (Lipinski definition) is 6. The number of methoxy groups -OCH3 is 1. The molecule has 6 N–H and O–H groups in total. The van der Waals surface area contributed by atoms with Crippen molar-refractivity contribution in [3.63, 3.8) is 0 Å². The second-order valence-electron chi connectivity index (χ2n) is 10.2. The molecule has 0 bridgehead atoms. The molecule has 11 heteroatoms. The second kappa shape index (κ2) is 13.6. The van der Waals surface area contributed by atoms with Gasteiger partial charge in [0.15, 0.2) is 5.78 Å². The molecular weight excluding hydrogens is 514 g/mol. The van der Waals surface area contributed by atoms with Gasteiger partial charge in [0.25, 0.3) is 0 Å². The topological polar surface area (TPSA) is 158 Å². The van der Waals surface area contributed by atoms with Crippen molar-refractivity contribution in [1.82, 2.24) is 16.0 Å². The van der Waals surface area contributed by atoms with Crippen molar-refractivity contribution in [1.29, 1.82) is 0 Å². The van der Waals surface area contributed by atoms with Crippen LogP contribution in [0.5, 0.6) is 5.75 Å². The fourth-order valence-corrected chi connectivity index (χ4v) is 4.55. The molecule has 1 aliphatic rings. The van der Waals surface area contributed by atoms with Gasteiger partial charge in [-0.15, -0.1) is 0 Å². The number of carboxylic acid groups (broad SMARTS) is 1. The smallest absolute Gasteiger partial charge is 0.326 e. The minimum Gasteiger partial charge on any atom is -0.495 e. The van der Waals surface area contributed by atoms with Gasteiger partial charge in [0, 0.05) is 43.2 Å². The molecule has 0 spiro atoms. The number of nitrogens with one attached hydrogen (secondary N) is 5. The van der Waals surface area contributed by atoms with E-state index in [1.807, 2.05) is 44.2 Å². The minimum atomic E-state index is -1.08. The summed E-state index contributed by atoms with van der Waals surface area (Å²) in [6.45, 7) is 5.65. The Balaban J connectivity index is 1.46. The molecule has 2 unspecified atom stereocenters. The third kappa shape index (κ3) is 8.84. The number of aryl methyl sites for hydroxylation is 1. The first-order valence-electron chi connectivity index (χ1n) is 13.0. The van der Waals surface area contributed by atoms with Gasteiger partial charge in [0.1, 0.15) is 11.8 Å². The van der Waals surface area contributed by atoms with E-state index in [-0.39, 0.29) is 25.2 Å². The predicted octanol–water partition coefficient (Wildman–Crippen LogP) is 2.96. The minimum absolute atomic E-state index is 0.0296. The normalized spacial score (nSPS) is 16.8. The molecule has 0 saturated heterocycles. The summed E-state index contributed by atoms with van der Waals surface area (Å²) >= 11 is 0. The summed E-state index contributed by atoms with van der Waals surface area (Å²) < 4.78 is 5.43. The Morgan fingerprint density at radius 1 is 1.10 bits per heavy atom. The lowest BCUT2D eigenvalue weighted by Crippen LogP contribution is -2.49. The summed E-state index contributed by atoms with van der Waals surface area (Å²) in [7, 11) is 1.50. The average Bonchev–Trinajstić information content (AvgIpc) is 3.25. The zero-order chi connectivity index (χ0) is 29.3. The summed E-state index contributed by atoms with van der Waals surface area (Å²) in [5.74, 6) is -1.06. The van der Waals surface area contributed by atoms with Crippen LogP contribution in [-0.2, 0) is 20.8 Å². The lowest BCUT2D eigenvalue weighted by molar-refractivity contribution is -0.142. The standard InChI is InChI=1S/C29H37N5O6/c1-18-7-5-6-8-23(18)32-28(39)33-24-10-9-20(14-26(24)40-4)13-22(36)17-30-16-21-11-12-29(3,34-21)15-25(27(37)38)31-19(2)35/h5-11,14,25,30,34H,12-13,15-17H2,1-4H3,(H,31,35)(H,37,38)(H2,32,33,39). The van der Waals surface area contributed by atoms with Gasteiger partial charge in [-0.05, 0) is 49.6 Å². The van der Waals surface area contributed by atoms with E-state index in [0.29, 0.717) is 30.1 Å². The van der Waals surface area contributed by atoms with Gasteiger partial charge in [0.05, 0.1) is 19.3 Å². The molecule has 2 aromatic rings. The SMILES string of the molecule is COc1cc(CC(=O)CNCC2=CCC(C)(CC(NC(C)=O)C(=O)O)N2)ccc1NC(=O)Nc1ccccc1C. The molecule has 0 radical (unpaired) electrons. The Kier molecular flexibility index (Phi) is 10.3. The van der Waals surface area contributed by atoms with Crippen molar-refractivity contribution in [2.45, 2.75) is 51.6 Å². The van der Waals surface area contributed by atoms with Gasteiger partial charge in [-0.1, -0.05) is 30.3 Å². The number of benzene rings is 2. The van der Waals surface area contributed by atoms with Crippen molar-refractivity contribution in [3.8, 4) is 5.75 Å². The van der Waals surface area contributed by atoms with Gasteiger partial charge < -0.3 is 36.4 Å². The van der Waals surface area contributed by atoms with Crippen LogP contribution < -0.4 is 31.3 Å². The van der Waals surface area contributed by atoms with Crippen molar-refractivity contribution in [3.05, 3.63) is 65.4 Å². The largest absolute Gasteiger partial charge is 0.495 e. The van der Waals surface area contributed by atoms with Crippen LogP contribution in [0.1, 0.15) is 37.8 Å². The van der Waals surface area contributed by atoms with Crippen LogP contribution >= 0.6 is 0 Å². The van der Waals surface area contributed by atoms with Crippen molar-refractivity contribution >= 4 is 35.1 Å². The third-order valence-electron chi connectivity index (χ3n) is 6.54. The highest BCUT2D eigenvalue weighted by Crippen LogP contribution is 2.27. The number of urea groups is 1. The Bertz CT molecular complexity index is 1290. The van der Waals surface area contributed by atoms with E-state index in [9.17, 15) is 24.3 Å². The second-order valence-corrected chi connectivity index (χ2v) is 10.2. The quantitative estimate of drug-likeness (QED) is 0.222. The molecule has 2 atom stereocenters. The van der Waals surface area contributed by atoms with E-state index >= 15 is 0 Å². The number of carboxylic acids is 1. The van der Waals surface area contributed by atoms with Crippen LogP contribution in [0, 0.1) is 6.92 Å². The fourth-order valence-electron chi connectivity index (χ4n) is 4.55. The number of aliphatic carboxylic acids is 1. The van der Waals surface area contributed by atoms with Crippen molar-refractivity contribution in [2.75, 3.05) is 30.8 Å². The zero-order valence-electron chi connectivity index (χ0n) is 23.2. The van der Waals surface area contributed by atoms with Crippen LogP contribution in [-0.4, -0.2) is 60.6 Å². The monoisotopic (exact) mass is 551 g/mol. The van der Waals surface area contributed by atoms with E-state index in [0.717, 1.165) is 16.8 Å². The number of para-hydroxylation sites is 1. The Hall–Kier alpha value is -4.38. The van der Waals surface area contributed by atoms with Gasteiger partial charge in [-0.2, -0.15) is 0 Å². The predicted molar refractivity (Wildman–Crippen MR) is 152 cm³/mol. The molecule has 11 nitrogen and oxygen atoms in total. The van der Waals surface area contributed by atoms with Gasteiger partial charge in [-0.25, -0.2) is 9.59 Å². The van der Waals surface area contributed by atoms with Crippen LogP contribution in [0.15, 0.2) is 54.2 Å². The van der Waals surface area contributed by atoms with Gasteiger partial charge >= 0.3 is 12.0 Å². The van der Waals surface area contributed by atoms with E-state index in [1.54, 1.807) is 18.2 Å². The summed E-state index contributed by atoms with van der Waals surface area (Å²) in [6, 6.07) is 11.3. The zero-order valence-corrected chi connectivity index (χ0v) is 23.2. The van der Waals surface area contributed by atoms with Gasteiger partial charge in [0.2, 0.25) is 5.91 Å². The lowest BCUT2D eigenvalue weighted by Gasteiger charge is -2.30. The Morgan fingerprint density at radius 3 is 2.50 bits per heavy atom. The molecule has 0 fully saturated rings. The van der Waals surface area contributed by atoms with Crippen LogP contribution in [0.25, 0.3) is 0 Å². The highest BCUT2D eigenvalue weighted by atomic mass is 16.5.